The van der Waals surface area contributed by atoms with Gasteiger partial charge in [-0.2, -0.15) is 0 Å². The van der Waals surface area contributed by atoms with Gasteiger partial charge in [0.15, 0.2) is 0 Å². The number of anilines is 1. The molecule has 1 heterocycles. The normalized spacial score (nSPS) is 12.1. The first-order chi connectivity index (χ1) is 15.1. The maximum atomic E-state index is 13.4. The molecule has 0 aliphatic carbocycles. The second-order valence-corrected chi connectivity index (χ2v) is 10.2. The maximum Gasteiger partial charge on any atom is 0.262 e. The van der Waals surface area contributed by atoms with Crippen LogP contribution in [0.2, 0.25) is 0 Å². The zero-order valence-corrected chi connectivity index (χ0v) is 18.0. The summed E-state index contributed by atoms with van der Waals surface area (Å²) in [6.45, 7) is 0. The lowest BCUT2D eigenvalue weighted by atomic mass is 10.0. The van der Waals surface area contributed by atoms with Crippen LogP contribution in [0.15, 0.2) is 102 Å². The van der Waals surface area contributed by atoms with Crippen LogP contribution in [0.25, 0.3) is 41.7 Å². The molecular formula is C26H17NO2S2. The molecule has 0 fully saturated rings. The molecule has 6 aromatic rings. The van der Waals surface area contributed by atoms with Gasteiger partial charge in [-0.1, -0.05) is 78.9 Å². The lowest BCUT2D eigenvalue weighted by Crippen LogP contribution is -2.13. The van der Waals surface area contributed by atoms with E-state index in [2.05, 4.69) is 29.0 Å². The fraction of sp³-hybridized carbons (Fsp3) is 0. The smallest absolute Gasteiger partial charge is 0.262 e. The lowest BCUT2D eigenvalue weighted by molar-refractivity contribution is 0.602. The molecule has 0 unspecified atom stereocenters. The van der Waals surface area contributed by atoms with Gasteiger partial charge >= 0.3 is 0 Å². The number of hydrogen-bond acceptors (Lipinski definition) is 3. The topological polar surface area (TPSA) is 46.2 Å². The van der Waals surface area contributed by atoms with E-state index >= 15 is 0 Å². The molecule has 0 amide bonds. The van der Waals surface area contributed by atoms with Gasteiger partial charge in [-0.15, -0.1) is 11.3 Å². The second-order valence-electron chi connectivity index (χ2n) is 7.53. The van der Waals surface area contributed by atoms with Crippen LogP contribution in [-0.4, -0.2) is 8.42 Å². The Bertz CT molecular complexity index is 1720. The highest BCUT2D eigenvalue weighted by Gasteiger charge is 2.21. The Hall–Kier alpha value is -3.41. The molecule has 0 saturated carbocycles. The molecule has 0 saturated heterocycles. The molecule has 1 aromatic heterocycles. The van der Waals surface area contributed by atoms with Crippen LogP contribution in [0.4, 0.5) is 5.69 Å². The summed E-state index contributed by atoms with van der Waals surface area (Å²) < 4.78 is 31.6. The van der Waals surface area contributed by atoms with Gasteiger partial charge in [0, 0.05) is 31.2 Å². The fourth-order valence-corrected chi connectivity index (χ4v) is 6.94. The largest absolute Gasteiger partial charge is 0.280 e. The van der Waals surface area contributed by atoms with Gasteiger partial charge in [0.1, 0.15) is 0 Å². The van der Waals surface area contributed by atoms with Crippen LogP contribution in [0.1, 0.15) is 0 Å². The zero-order valence-electron chi connectivity index (χ0n) is 16.4. The highest BCUT2D eigenvalue weighted by atomic mass is 32.2. The van der Waals surface area contributed by atoms with E-state index in [0.29, 0.717) is 10.6 Å². The van der Waals surface area contributed by atoms with Crippen molar-refractivity contribution in [2.45, 2.75) is 4.90 Å². The Morgan fingerprint density at radius 2 is 1.32 bits per heavy atom. The molecule has 0 aliphatic heterocycles. The number of sulfonamides is 1. The minimum atomic E-state index is -3.75. The van der Waals surface area contributed by atoms with Crippen molar-refractivity contribution >= 4 is 68.8 Å². The lowest BCUT2D eigenvalue weighted by Gasteiger charge is -2.12. The number of hydrogen-bond donors (Lipinski definition) is 1. The van der Waals surface area contributed by atoms with Crippen molar-refractivity contribution in [2.75, 3.05) is 4.72 Å². The van der Waals surface area contributed by atoms with Gasteiger partial charge in [0.25, 0.3) is 10.0 Å². The third-order valence-electron chi connectivity index (χ3n) is 5.65. The summed E-state index contributed by atoms with van der Waals surface area (Å²) in [6, 6.07) is 31.2. The average Bonchev–Trinajstić information content (AvgIpc) is 3.18. The quantitative estimate of drug-likeness (QED) is 0.318. The minimum Gasteiger partial charge on any atom is -0.280 e. The Balaban J connectivity index is 1.69. The summed E-state index contributed by atoms with van der Waals surface area (Å²) >= 11 is 1.65. The van der Waals surface area contributed by atoms with E-state index in [1.807, 2.05) is 60.7 Å². The molecule has 6 rings (SSSR count). The van der Waals surface area contributed by atoms with Crippen molar-refractivity contribution in [1.29, 1.82) is 0 Å². The van der Waals surface area contributed by atoms with E-state index in [-0.39, 0.29) is 0 Å². The van der Waals surface area contributed by atoms with E-state index in [4.69, 9.17) is 0 Å². The summed E-state index contributed by atoms with van der Waals surface area (Å²) in [7, 11) is -3.75. The first-order valence-electron chi connectivity index (χ1n) is 9.95. The average molecular weight is 440 g/mol. The zero-order chi connectivity index (χ0) is 21.0. The van der Waals surface area contributed by atoms with Crippen LogP contribution >= 0.6 is 11.3 Å². The molecule has 1 N–H and O–H groups in total. The molecule has 5 aromatic carbocycles. The Labute approximate surface area is 183 Å². The van der Waals surface area contributed by atoms with Crippen molar-refractivity contribution in [1.82, 2.24) is 0 Å². The summed E-state index contributed by atoms with van der Waals surface area (Å²) in [6.07, 6.45) is 0. The monoisotopic (exact) mass is 439 g/mol. The van der Waals surface area contributed by atoms with Gasteiger partial charge in [-0.25, -0.2) is 8.42 Å². The number of nitrogens with one attached hydrogen (secondary N) is 1. The minimum absolute atomic E-state index is 0.301. The highest BCUT2D eigenvalue weighted by Crippen LogP contribution is 2.43. The first-order valence-corrected chi connectivity index (χ1v) is 12.3. The highest BCUT2D eigenvalue weighted by molar-refractivity contribution is 7.93. The van der Waals surface area contributed by atoms with Crippen molar-refractivity contribution in [3.8, 4) is 0 Å². The van der Waals surface area contributed by atoms with Gasteiger partial charge in [0.05, 0.1) is 4.90 Å². The molecule has 5 heteroatoms. The molecule has 0 spiro atoms. The molecule has 3 nitrogen and oxygen atoms in total. The van der Waals surface area contributed by atoms with E-state index in [1.54, 1.807) is 23.5 Å². The maximum absolute atomic E-state index is 13.4. The van der Waals surface area contributed by atoms with E-state index in [9.17, 15) is 8.42 Å². The van der Waals surface area contributed by atoms with E-state index in [1.165, 1.54) is 15.5 Å². The molecule has 0 bridgehead atoms. The number of benzene rings is 5. The predicted molar refractivity (Wildman–Crippen MR) is 132 cm³/mol. The number of rotatable bonds is 3. The third-order valence-corrected chi connectivity index (χ3v) is 8.25. The summed E-state index contributed by atoms with van der Waals surface area (Å²) in [4.78, 5) is 0.301. The van der Waals surface area contributed by atoms with Crippen LogP contribution in [0, 0.1) is 0 Å². The SMILES string of the molecule is O=S(=O)(Nc1ccccc1)c1cc2sc3c4ccccc4ccc3c2c2ccccc12. The molecular weight excluding hydrogens is 422 g/mol. The second kappa shape index (κ2) is 6.80. The number of fused-ring (bicyclic) bond motifs is 7. The summed E-state index contributed by atoms with van der Waals surface area (Å²) in [5.41, 5.74) is 0.550. The first kappa shape index (κ1) is 18.4. The van der Waals surface area contributed by atoms with E-state index < -0.39 is 10.0 Å². The van der Waals surface area contributed by atoms with Gasteiger partial charge in [0.2, 0.25) is 0 Å². The van der Waals surface area contributed by atoms with Crippen LogP contribution in [0.3, 0.4) is 0 Å². The molecule has 0 aliphatic rings. The Morgan fingerprint density at radius 1 is 0.645 bits per heavy atom. The molecule has 31 heavy (non-hydrogen) atoms. The van der Waals surface area contributed by atoms with Crippen molar-refractivity contribution in [3.63, 3.8) is 0 Å². The van der Waals surface area contributed by atoms with Gasteiger partial charge in [-0.05, 0) is 34.4 Å². The van der Waals surface area contributed by atoms with Crippen LogP contribution in [0.5, 0.6) is 0 Å². The predicted octanol–water partition coefficient (Wildman–Crippen LogP) is 7.16. The van der Waals surface area contributed by atoms with Crippen molar-refractivity contribution in [2.24, 2.45) is 0 Å². The molecule has 0 radical (unpaired) electrons. The van der Waals surface area contributed by atoms with Crippen molar-refractivity contribution in [3.05, 3.63) is 97.1 Å². The Kier molecular flexibility index (Phi) is 4.03. The standard InChI is InChI=1S/C26H17NO2S2/c28-31(29,27-18-9-2-1-3-10-18)24-16-23-25(21-13-7-6-12-20(21)24)22-15-14-17-8-4-5-11-19(17)26(22)30-23/h1-16,27H. The van der Waals surface area contributed by atoms with Gasteiger partial charge < -0.3 is 0 Å². The molecule has 150 valence electrons. The molecule has 0 atom stereocenters. The number of para-hydroxylation sites is 1. The van der Waals surface area contributed by atoms with Crippen molar-refractivity contribution < 1.29 is 8.42 Å². The van der Waals surface area contributed by atoms with Gasteiger partial charge in [-0.3, -0.25) is 4.72 Å². The Morgan fingerprint density at radius 3 is 2.13 bits per heavy atom. The van der Waals surface area contributed by atoms with Crippen LogP contribution in [-0.2, 0) is 10.0 Å². The number of thiophene rings is 1. The fourth-order valence-electron chi connectivity index (χ4n) is 4.27. The summed E-state index contributed by atoms with van der Waals surface area (Å²) in [5, 5.41) is 6.33. The summed E-state index contributed by atoms with van der Waals surface area (Å²) in [5.74, 6) is 0. The third kappa shape index (κ3) is 2.89. The van der Waals surface area contributed by atoms with Crippen LogP contribution < -0.4 is 4.72 Å². The van der Waals surface area contributed by atoms with E-state index in [0.717, 1.165) is 26.2 Å².